The molecule has 3 saturated heterocycles. The summed E-state index contributed by atoms with van der Waals surface area (Å²) >= 11 is 0. The molecular formula is C34H53N3O12. The summed E-state index contributed by atoms with van der Waals surface area (Å²) < 4.78 is 28.9. The first-order valence-corrected chi connectivity index (χ1v) is 16.7. The molecule has 0 aromatic carbocycles. The van der Waals surface area contributed by atoms with Gasteiger partial charge in [0.25, 0.3) is 0 Å². The summed E-state index contributed by atoms with van der Waals surface area (Å²) in [5, 5.41) is 68.1. The van der Waals surface area contributed by atoms with Crippen LogP contribution in [0, 0.1) is 0 Å². The fourth-order valence-corrected chi connectivity index (χ4v) is 5.97. The number of epoxide rings is 1. The topological polar surface area (TPSA) is 229 Å². The van der Waals surface area contributed by atoms with Crippen LogP contribution < -0.4 is 11.1 Å². The molecule has 9 N–H and O–H groups in total. The molecule has 15 heteroatoms. The zero-order valence-electron chi connectivity index (χ0n) is 28.2. The molecule has 4 heterocycles. The van der Waals surface area contributed by atoms with E-state index in [1.807, 2.05) is 18.2 Å². The van der Waals surface area contributed by atoms with Crippen LogP contribution in [0.25, 0.3) is 0 Å². The second-order valence-electron chi connectivity index (χ2n) is 13.3. The van der Waals surface area contributed by atoms with E-state index >= 15 is 0 Å². The standard InChI is InChI=1S/C34H53N3O12/c1-20-11-9-7-5-4-6-8-10-12-22(47-32-31(42)29(35)24(40)19-45-32)16-27-30(36-33(43)37(2)3)23(39)18-34(44,49-27)17-21(38)15-26-25(48-26)13-14-28(41)46-20/h4-10,12-14,20-27,29-33,36,38-40,42-44H,11,15-19,35H2,1-3H3/b5-4+,8-6+,9-7+,12-10+,14-13+/t20?,21?,22?,23-,24?,25+,26?,27-,29-,30?,31-,32?,33?,34?/m0/s1. The van der Waals surface area contributed by atoms with Crippen molar-refractivity contribution in [2.75, 3.05) is 20.7 Å². The monoisotopic (exact) mass is 695 g/mol. The van der Waals surface area contributed by atoms with E-state index in [0.717, 1.165) is 0 Å². The molecule has 0 aromatic rings. The van der Waals surface area contributed by atoms with Gasteiger partial charge in [0.05, 0.1) is 55.3 Å². The Morgan fingerprint density at radius 2 is 1.71 bits per heavy atom. The molecule has 0 saturated carbocycles. The molecule has 4 rings (SSSR count). The van der Waals surface area contributed by atoms with Crippen molar-refractivity contribution < 1.29 is 59.1 Å². The number of hydrogen-bond acceptors (Lipinski definition) is 15. The minimum absolute atomic E-state index is 0.00649. The van der Waals surface area contributed by atoms with Crippen LogP contribution >= 0.6 is 0 Å². The summed E-state index contributed by atoms with van der Waals surface area (Å²) in [4.78, 5) is 13.7. The van der Waals surface area contributed by atoms with Crippen LogP contribution in [0.4, 0.5) is 0 Å². The van der Waals surface area contributed by atoms with Crippen LogP contribution in [0.3, 0.4) is 0 Å². The van der Waals surface area contributed by atoms with E-state index in [1.54, 1.807) is 57.5 Å². The second-order valence-corrected chi connectivity index (χ2v) is 13.3. The van der Waals surface area contributed by atoms with Crippen molar-refractivity contribution in [2.45, 2.75) is 124 Å². The molecule has 4 aliphatic rings. The highest BCUT2D eigenvalue weighted by molar-refractivity contribution is 5.82. The molecule has 9 unspecified atom stereocenters. The maximum atomic E-state index is 12.2. The number of cyclic esters (lactones) is 1. The Morgan fingerprint density at radius 1 is 1.00 bits per heavy atom. The molecule has 0 aliphatic carbocycles. The summed E-state index contributed by atoms with van der Waals surface area (Å²) in [5.74, 6) is -2.48. The van der Waals surface area contributed by atoms with E-state index < -0.39 is 85.3 Å². The second kappa shape index (κ2) is 18.2. The minimum atomic E-state index is -1.97. The molecule has 3 fully saturated rings. The predicted octanol–water partition coefficient (Wildman–Crippen LogP) is -1.17. The van der Waals surface area contributed by atoms with Crippen LogP contribution in [0.2, 0.25) is 0 Å². The van der Waals surface area contributed by atoms with E-state index in [0.29, 0.717) is 6.42 Å². The molecule has 49 heavy (non-hydrogen) atoms. The third-order valence-electron chi connectivity index (χ3n) is 8.77. The van der Waals surface area contributed by atoms with Crippen molar-refractivity contribution in [2.24, 2.45) is 5.73 Å². The van der Waals surface area contributed by atoms with E-state index in [1.165, 1.54) is 11.0 Å². The lowest BCUT2D eigenvalue weighted by Gasteiger charge is -2.47. The maximum absolute atomic E-state index is 12.2. The Labute approximate surface area is 286 Å². The number of nitrogens with zero attached hydrogens (tertiary/aromatic N) is 1. The Bertz CT molecular complexity index is 1210. The number of aliphatic hydroxyl groups is 6. The number of ether oxygens (including phenoxy) is 5. The number of nitrogens with two attached hydrogens (primary N) is 1. The van der Waals surface area contributed by atoms with Gasteiger partial charge >= 0.3 is 5.97 Å². The number of carbonyl (C=O) groups excluding carboxylic acids is 1. The Balaban J connectivity index is 1.60. The Morgan fingerprint density at radius 3 is 2.45 bits per heavy atom. The molecular weight excluding hydrogens is 642 g/mol. The number of fused-ring (bicyclic) bond motifs is 3. The van der Waals surface area contributed by atoms with Gasteiger partial charge in [-0.1, -0.05) is 48.6 Å². The summed E-state index contributed by atoms with van der Waals surface area (Å²) in [6.07, 6.45) is 7.06. The number of esters is 1. The van der Waals surface area contributed by atoms with Gasteiger partial charge in [-0.05, 0) is 27.1 Å². The van der Waals surface area contributed by atoms with Crippen molar-refractivity contribution in [3.05, 3.63) is 60.8 Å². The quantitative estimate of drug-likeness (QED) is 0.0963. The van der Waals surface area contributed by atoms with Crippen molar-refractivity contribution in [1.29, 1.82) is 0 Å². The van der Waals surface area contributed by atoms with E-state index in [4.69, 9.17) is 29.4 Å². The number of carbonyl (C=O) groups is 1. The average Bonchev–Trinajstić information content (AvgIpc) is 3.77. The normalized spacial score (nSPS) is 45.2. The molecule has 0 amide bonds. The molecule has 0 radical (unpaired) electrons. The number of hydrogen-bond donors (Lipinski definition) is 8. The first-order valence-electron chi connectivity index (χ1n) is 16.7. The van der Waals surface area contributed by atoms with Gasteiger partial charge < -0.3 is 60.1 Å². The predicted molar refractivity (Wildman–Crippen MR) is 176 cm³/mol. The van der Waals surface area contributed by atoms with E-state index in [2.05, 4.69) is 5.32 Å². The van der Waals surface area contributed by atoms with Gasteiger partial charge in [0.1, 0.15) is 18.3 Å². The SMILES string of the molecule is CC1C/C=C/C=C/C=C/C=C/C(OC2OCC(O)[C@H](N)[C@@H]2O)C[C@@H]2OC(O)(CC(O)CC3O[C@@H]3/C=C/C(=O)O1)C[C@H](O)C2NC(O)N(C)C. The van der Waals surface area contributed by atoms with Gasteiger partial charge in [0, 0.05) is 38.2 Å². The number of nitrogens with one attached hydrogen (secondary N) is 1. The lowest BCUT2D eigenvalue weighted by Crippen LogP contribution is -2.64. The van der Waals surface area contributed by atoms with Crippen LogP contribution in [0.1, 0.15) is 39.0 Å². The van der Waals surface area contributed by atoms with Crippen LogP contribution in [0.5, 0.6) is 0 Å². The molecule has 0 spiro atoms. The molecule has 4 aliphatic heterocycles. The van der Waals surface area contributed by atoms with Crippen LogP contribution in [0.15, 0.2) is 60.8 Å². The zero-order valence-corrected chi connectivity index (χ0v) is 28.2. The number of allylic oxidation sites excluding steroid dienone is 6. The number of aliphatic hydroxyl groups excluding tert-OH is 5. The molecule has 14 atom stereocenters. The van der Waals surface area contributed by atoms with Crippen molar-refractivity contribution in [1.82, 2.24) is 10.2 Å². The molecule has 276 valence electrons. The molecule has 15 nitrogen and oxygen atoms in total. The third kappa shape index (κ3) is 12.1. The summed E-state index contributed by atoms with van der Waals surface area (Å²) in [7, 11) is 3.27. The maximum Gasteiger partial charge on any atom is 0.330 e. The van der Waals surface area contributed by atoms with Gasteiger partial charge in [0.2, 0.25) is 0 Å². The van der Waals surface area contributed by atoms with E-state index in [-0.39, 0.29) is 38.4 Å². The highest BCUT2D eigenvalue weighted by Gasteiger charge is 2.49. The Kier molecular flexibility index (Phi) is 14.7. The van der Waals surface area contributed by atoms with Crippen molar-refractivity contribution in [3.63, 3.8) is 0 Å². The lowest BCUT2D eigenvalue weighted by atomic mass is 9.87. The van der Waals surface area contributed by atoms with Crippen molar-refractivity contribution in [3.8, 4) is 0 Å². The Hall–Kier alpha value is -2.35. The highest BCUT2D eigenvalue weighted by Crippen LogP contribution is 2.36. The van der Waals surface area contributed by atoms with Crippen molar-refractivity contribution >= 4 is 5.97 Å². The fraction of sp³-hybridized carbons (Fsp3) is 0.676. The van der Waals surface area contributed by atoms with Gasteiger partial charge in [-0.15, -0.1) is 0 Å². The first-order chi connectivity index (χ1) is 23.2. The smallest absolute Gasteiger partial charge is 0.330 e. The number of rotatable bonds is 5. The third-order valence-corrected chi connectivity index (χ3v) is 8.77. The van der Waals surface area contributed by atoms with Crippen LogP contribution in [-0.4, -0.2) is 148 Å². The summed E-state index contributed by atoms with van der Waals surface area (Å²) in [6, 6.07) is -1.91. The van der Waals surface area contributed by atoms with E-state index in [9.17, 15) is 35.4 Å². The largest absolute Gasteiger partial charge is 0.459 e. The minimum Gasteiger partial charge on any atom is -0.459 e. The zero-order chi connectivity index (χ0) is 35.7. The van der Waals surface area contributed by atoms with Gasteiger partial charge in [0.15, 0.2) is 18.4 Å². The van der Waals surface area contributed by atoms with Gasteiger partial charge in [-0.25, -0.2) is 4.79 Å². The van der Waals surface area contributed by atoms with Crippen LogP contribution in [-0.2, 0) is 28.5 Å². The lowest BCUT2D eigenvalue weighted by molar-refractivity contribution is -0.302. The van der Waals surface area contributed by atoms with Gasteiger partial charge in [-0.3, -0.25) is 10.2 Å². The summed E-state index contributed by atoms with van der Waals surface area (Å²) in [6.45, 7) is 1.63. The molecule has 0 aromatic heterocycles. The summed E-state index contributed by atoms with van der Waals surface area (Å²) in [5.41, 5.74) is 5.96. The average molecular weight is 696 g/mol. The highest BCUT2D eigenvalue weighted by atomic mass is 16.7. The first kappa shape index (κ1) is 39.4. The fourth-order valence-electron chi connectivity index (χ4n) is 5.97. The van der Waals surface area contributed by atoms with Gasteiger partial charge in [-0.2, -0.15) is 0 Å². The molecule has 2 bridgehead atoms.